The quantitative estimate of drug-likeness (QED) is 0.681. The van der Waals surface area contributed by atoms with Gasteiger partial charge in [-0.1, -0.05) is 13.3 Å². The summed E-state index contributed by atoms with van der Waals surface area (Å²) in [5.74, 6) is 1.42. The van der Waals surface area contributed by atoms with E-state index in [1.165, 1.54) is 19.3 Å². The molecule has 0 spiro atoms. The molecule has 0 aromatic carbocycles. The number of hydrogen-bond donors (Lipinski definition) is 2. The lowest BCUT2D eigenvalue weighted by Crippen LogP contribution is -2.32. The molecule has 1 rings (SSSR count). The van der Waals surface area contributed by atoms with Crippen LogP contribution >= 0.6 is 0 Å². The topological polar surface area (TPSA) is 55.1 Å². The van der Waals surface area contributed by atoms with Gasteiger partial charge in [0.15, 0.2) is 0 Å². The van der Waals surface area contributed by atoms with Crippen LogP contribution in [0.1, 0.15) is 32.6 Å². The normalized spacial score (nSPS) is 27.5. The van der Waals surface area contributed by atoms with E-state index in [2.05, 4.69) is 5.32 Å². The summed E-state index contributed by atoms with van der Waals surface area (Å²) in [6.45, 7) is 3.48. The largest absolute Gasteiger partial charge is 0.356 e. The Labute approximate surface area is 80.1 Å². The Balaban J connectivity index is 2.23. The highest BCUT2D eigenvalue weighted by atomic mass is 16.1. The van der Waals surface area contributed by atoms with Gasteiger partial charge in [0.25, 0.3) is 0 Å². The molecule has 1 fully saturated rings. The van der Waals surface area contributed by atoms with E-state index in [-0.39, 0.29) is 5.91 Å². The smallest absolute Gasteiger partial charge is 0.219 e. The van der Waals surface area contributed by atoms with Crippen LogP contribution in [0.2, 0.25) is 0 Å². The molecule has 0 heterocycles. The van der Waals surface area contributed by atoms with Crippen LogP contribution in [0.4, 0.5) is 0 Å². The molecular formula is C10H20N2O. The Morgan fingerprint density at radius 2 is 2.15 bits per heavy atom. The minimum atomic E-state index is 0.155. The second-order valence-electron chi connectivity index (χ2n) is 3.84. The van der Waals surface area contributed by atoms with Gasteiger partial charge in [-0.25, -0.2) is 0 Å². The summed E-state index contributed by atoms with van der Waals surface area (Å²) in [6, 6.07) is 0. The van der Waals surface area contributed by atoms with Gasteiger partial charge in [-0.2, -0.15) is 0 Å². The van der Waals surface area contributed by atoms with E-state index in [0.717, 1.165) is 13.1 Å². The van der Waals surface area contributed by atoms with Crippen molar-refractivity contribution in [1.82, 2.24) is 5.32 Å². The van der Waals surface area contributed by atoms with Gasteiger partial charge in [-0.05, 0) is 31.2 Å². The number of rotatable bonds is 4. The molecule has 0 aliphatic heterocycles. The van der Waals surface area contributed by atoms with Crippen molar-refractivity contribution in [3.05, 3.63) is 0 Å². The van der Waals surface area contributed by atoms with Crippen molar-refractivity contribution < 1.29 is 4.79 Å². The summed E-state index contributed by atoms with van der Waals surface area (Å²) >= 11 is 0. The Bertz CT molecular complexity index is 170. The monoisotopic (exact) mass is 184 g/mol. The molecule has 0 bridgehead atoms. The number of carbonyl (C=O) groups is 1. The van der Waals surface area contributed by atoms with Crippen LogP contribution < -0.4 is 11.1 Å². The van der Waals surface area contributed by atoms with Crippen molar-refractivity contribution in [3.8, 4) is 0 Å². The minimum Gasteiger partial charge on any atom is -0.356 e. The van der Waals surface area contributed by atoms with Gasteiger partial charge in [-0.3, -0.25) is 4.79 Å². The van der Waals surface area contributed by atoms with Crippen molar-refractivity contribution in [1.29, 1.82) is 0 Å². The van der Waals surface area contributed by atoms with Gasteiger partial charge < -0.3 is 11.1 Å². The Morgan fingerprint density at radius 1 is 1.46 bits per heavy atom. The molecule has 3 N–H and O–H groups in total. The number of hydrogen-bond acceptors (Lipinski definition) is 2. The molecule has 1 saturated carbocycles. The molecule has 1 amide bonds. The van der Waals surface area contributed by atoms with Crippen molar-refractivity contribution >= 4 is 5.91 Å². The van der Waals surface area contributed by atoms with Crippen LogP contribution in [0.3, 0.4) is 0 Å². The van der Waals surface area contributed by atoms with E-state index in [4.69, 9.17) is 5.73 Å². The first-order valence-electron chi connectivity index (χ1n) is 5.24. The number of nitrogens with one attached hydrogen (secondary N) is 1. The van der Waals surface area contributed by atoms with Crippen molar-refractivity contribution in [2.75, 3.05) is 13.1 Å². The van der Waals surface area contributed by atoms with Crippen molar-refractivity contribution in [2.45, 2.75) is 32.6 Å². The zero-order valence-electron chi connectivity index (χ0n) is 8.38. The maximum absolute atomic E-state index is 11.0. The Hall–Kier alpha value is -0.570. The first-order chi connectivity index (χ1) is 6.27. The lowest BCUT2D eigenvalue weighted by atomic mass is 9.96. The zero-order chi connectivity index (χ0) is 9.68. The van der Waals surface area contributed by atoms with Crippen LogP contribution in [-0.2, 0) is 4.79 Å². The van der Waals surface area contributed by atoms with Gasteiger partial charge in [-0.15, -0.1) is 0 Å². The standard InChI is InChI=1S/C10H20N2O/c1-2-10(13)12-7-9-5-3-4-8(9)6-11/h8-9H,2-7,11H2,1H3,(H,12,13). The average molecular weight is 184 g/mol. The van der Waals surface area contributed by atoms with Crippen molar-refractivity contribution in [2.24, 2.45) is 17.6 Å². The van der Waals surface area contributed by atoms with Crippen LogP contribution in [0.5, 0.6) is 0 Å². The molecule has 3 heteroatoms. The highest BCUT2D eigenvalue weighted by molar-refractivity contribution is 5.75. The number of carbonyl (C=O) groups excluding carboxylic acids is 1. The fourth-order valence-corrected chi connectivity index (χ4v) is 2.06. The van der Waals surface area contributed by atoms with Crippen LogP contribution in [0, 0.1) is 11.8 Å². The second kappa shape index (κ2) is 5.22. The van der Waals surface area contributed by atoms with Gasteiger partial charge in [0.05, 0.1) is 0 Å². The predicted octanol–water partition coefficient (Wildman–Crippen LogP) is 0.888. The van der Waals surface area contributed by atoms with E-state index in [1.807, 2.05) is 6.92 Å². The molecule has 0 aromatic heterocycles. The predicted molar refractivity (Wildman–Crippen MR) is 53.2 cm³/mol. The lowest BCUT2D eigenvalue weighted by molar-refractivity contribution is -0.121. The van der Waals surface area contributed by atoms with E-state index in [9.17, 15) is 4.79 Å². The van der Waals surface area contributed by atoms with E-state index in [0.29, 0.717) is 18.3 Å². The molecule has 0 saturated heterocycles. The summed E-state index contributed by atoms with van der Waals surface area (Å²) in [5.41, 5.74) is 5.65. The van der Waals surface area contributed by atoms with Crippen LogP contribution in [-0.4, -0.2) is 19.0 Å². The third-order valence-corrected chi connectivity index (χ3v) is 3.00. The third-order valence-electron chi connectivity index (χ3n) is 3.00. The lowest BCUT2D eigenvalue weighted by Gasteiger charge is -2.17. The first-order valence-corrected chi connectivity index (χ1v) is 5.24. The van der Waals surface area contributed by atoms with E-state index < -0.39 is 0 Å². The summed E-state index contributed by atoms with van der Waals surface area (Å²) in [6.07, 6.45) is 4.32. The average Bonchev–Trinajstić information content (AvgIpc) is 2.61. The maximum atomic E-state index is 11.0. The molecule has 3 nitrogen and oxygen atoms in total. The van der Waals surface area contributed by atoms with E-state index >= 15 is 0 Å². The molecule has 76 valence electrons. The molecule has 2 unspecified atom stereocenters. The van der Waals surface area contributed by atoms with Crippen LogP contribution in [0.15, 0.2) is 0 Å². The summed E-state index contributed by atoms with van der Waals surface area (Å²) < 4.78 is 0. The molecule has 0 radical (unpaired) electrons. The van der Waals surface area contributed by atoms with E-state index in [1.54, 1.807) is 0 Å². The van der Waals surface area contributed by atoms with Crippen molar-refractivity contribution in [3.63, 3.8) is 0 Å². The number of nitrogens with two attached hydrogens (primary N) is 1. The molecule has 1 aliphatic rings. The second-order valence-corrected chi connectivity index (χ2v) is 3.84. The molecule has 1 aliphatic carbocycles. The van der Waals surface area contributed by atoms with Crippen LogP contribution in [0.25, 0.3) is 0 Å². The maximum Gasteiger partial charge on any atom is 0.219 e. The molecule has 13 heavy (non-hydrogen) atoms. The van der Waals surface area contributed by atoms with Gasteiger partial charge in [0, 0.05) is 13.0 Å². The number of amides is 1. The third kappa shape index (κ3) is 2.99. The minimum absolute atomic E-state index is 0.155. The highest BCUT2D eigenvalue weighted by Crippen LogP contribution is 2.30. The Kier molecular flexibility index (Phi) is 4.22. The van der Waals surface area contributed by atoms with Gasteiger partial charge in [0.2, 0.25) is 5.91 Å². The molecule has 0 aromatic rings. The fraction of sp³-hybridized carbons (Fsp3) is 0.900. The SMILES string of the molecule is CCC(=O)NCC1CCCC1CN. The van der Waals surface area contributed by atoms with Gasteiger partial charge >= 0.3 is 0 Å². The summed E-state index contributed by atoms with van der Waals surface area (Å²) in [7, 11) is 0. The summed E-state index contributed by atoms with van der Waals surface area (Å²) in [5, 5.41) is 2.94. The fourth-order valence-electron chi connectivity index (χ4n) is 2.06. The zero-order valence-corrected chi connectivity index (χ0v) is 8.38. The highest BCUT2D eigenvalue weighted by Gasteiger charge is 2.25. The molecular weight excluding hydrogens is 164 g/mol. The Morgan fingerprint density at radius 3 is 2.77 bits per heavy atom. The van der Waals surface area contributed by atoms with Gasteiger partial charge in [0.1, 0.15) is 0 Å². The summed E-state index contributed by atoms with van der Waals surface area (Å²) in [4.78, 5) is 11.0. The molecule has 2 atom stereocenters. The first kappa shape index (κ1) is 10.5.